The van der Waals surface area contributed by atoms with E-state index in [1.807, 2.05) is 0 Å². The van der Waals surface area contributed by atoms with E-state index < -0.39 is 18.5 Å². The normalized spacial score (nSPS) is 22.6. The van der Waals surface area contributed by atoms with Crippen LogP contribution in [0.15, 0.2) is 36.4 Å². The van der Waals surface area contributed by atoms with Gasteiger partial charge >= 0.3 is 6.03 Å². The second-order valence-electron chi connectivity index (χ2n) is 13.3. The molecule has 1 saturated heterocycles. The van der Waals surface area contributed by atoms with Crippen LogP contribution in [0.3, 0.4) is 0 Å². The summed E-state index contributed by atoms with van der Waals surface area (Å²) in [5.74, 6) is -2.74. The third-order valence-electron chi connectivity index (χ3n) is 10.5. The molecule has 7 rings (SSSR count). The van der Waals surface area contributed by atoms with E-state index >= 15 is 0 Å². The van der Waals surface area contributed by atoms with E-state index in [0.29, 0.717) is 13.1 Å². The molecule has 43 heavy (non-hydrogen) atoms. The maximum absolute atomic E-state index is 13.2. The molecule has 2 amide bonds. The third kappa shape index (κ3) is 7.58. The standard InChI is InChI=1S/C20H27F2N3O.C15H22N2/c21-20(22)8-11-25(14-20)19(26)23-13-15-4-5-16-6-9-24(18-2-1-3-18)10-7-17(16)12-15;16-11-12-4-5-13-6-8-17(15-2-1-3-15)9-7-14(13)10-12/h4-5,12,18H,1-3,6-11,13-14H2,(H,23,26);4-5,10,15H,1-3,6-9,11,16H2. The Kier molecular flexibility index (Phi) is 9.65. The number of carbonyl (C=O) groups is 1. The summed E-state index contributed by atoms with van der Waals surface area (Å²) in [6, 6.07) is 14.5. The maximum Gasteiger partial charge on any atom is 0.317 e. The fourth-order valence-corrected chi connectivity index (χ4v) is 7.26. The molecule has 3 N–H and O–H groups in total. The first kappa shape index (κ1) is 30.5. The maximum atomic E-state index is 13.2. The number of alkyl halides is 2. The van der Waals surface area contributed by atoms with E-state index in [1.54, 1.807) is 5.56 Å². The Bertz CT molecular complexity index is 1260. The van der Waals surface area contributed by atoms with Gasteiger partial charge in [-0.1, -0.05) is 49.2 Å². The molecule has 0 spiro atoms. The van der Waals surface area contributed by atoms with Gasteiger partial charge in [0.15, 0.2) is 0 Å². The van der Waals surface area contributed by atoms with Crippen molar-refractivity contribution in [2.75, 3.05) is 39.3 Å². The van der Waals surface area contributed by atoms with Gasteiger partial charge in [0.05, 0.1) is 6.54 Å². The number of carbonyl (C=O) groups excluding carboxylic acids is 1. The van der Waals surface area contributed by atoms with Gasteiger partial charge in [-0.25, -0.2) is 13.6 Å². The quantitative estimate of drug-likeness (QED) is 0.495. The van der Waals surface area contributed by atoms with Crippen LogP contribution in [0, 0.1) is 0 Å². The van der Waals surface area contributed by atoms with Crippen LogP contribution in [0.4, 0.5) is 13.6 Å². The lowest BCUT2D eigenvalue weighted by atomic mass is 9.91. The van der Waals surface area contributed by atoms with Crippen molar-refractivity contribution in [3.8, 4) is 0 Å². The predicted molar refractivity (Wildman–Crippen MR) is 167 cm³/mol. The number of fused-ring (bicyclic) bond motifs is 2. The number of benzene rings is 2. The lowest BCUT2D eigenvalue weighted by molar-refractivity contribution is 0.0153. The molecule has 6 nitrogen and oxygen atoms in total. The largest absolute Gasteiger partial charge is 0.334 e. The predicted octanol–water partition coefficient (Wildman–Crippen LogP) is 5.29. The van der Waals surface area contributed by atoms with Crippen LogP contribution in [-0.2, 0) is 38.8 Å². The molecule has 234 valence electrons. The average Bonchev–Trinajstić information content (AvgIpc) is 3.09. The van der Waals surface area contributed by atoms with E-state index in [9.17, 15) is 13.6 Å². The number of amides is 2. The van der Waals surface area contributed by atoms with Crippen molar-refractivity contribution in [3.63, 3.8) is 0 Å². The summed E-state index contributed by atoms with van der Waals surface area (Å²) in [5, 5.41) is 2.79. The fourth-order valence-electron chi connectivity index (χ4n) is 7.26. The zero-order chi connectivity index (χ0) is 29.8. The van der Waals surface area contributed by atoms with Crippen LogP contribution < -0.4 is 11.1 Å². The lowest BCUT2D eigenvalue weighted by Gasteiger charge is -2.36. The Balaban J connectivity index is 0.000000167. The van der Waals surface area contributed by atoms with Gasteiger partial charge in [-0.2, -0.15) is 0 Å². The van der Waals surface area contributed by atoms with Gasteiger partial charge in [-0.15, -0.1) is 0 Å². The molecular weight excluding hydrogens is 544 g/mol. The van der Waals surface area contributed by atoms with E-state index in [-0.39, 0.29) is 13.0 Å². The minimum absolute atomic E-state index is 0.125. The first-order valence-electron chi connectivity index (χ1n) is 16.7. The minimum atomic E-state index is -2.74. The molecule has 5 aliphatic rings. The number of nitrogens with one attached hydrogen (secondary N) is 1. The van der Waals surface area contributed by atoms with Crippen LogP contribution >= 0.6 is 0 Å². The average molecular weight is 594 g/mol. The number of hydrogen-bond acceptors (Lipinski definition) is 4. The molecule has 0 radical (unpaired) electrons. The minimum Gasteiger partial charge on any atom is -0.334 e. The highest BCUT2D eigenvalue weighted by Gasteiger charge is 2.40. The van der Waals surface area contributed by atoms with Gasteiger partial charge < -0.3 is 16.0 Å². The molecule has 3 heterocycles. The van der Waals surface area contributed by atoms with Crippen LogP contribution in [-0.4, -0.2) is 78.0 Å². The van der Waals surface area contributed by atoms with Gasteiger partial charge in [0.1, 0.15) is 0 Å². The summed E-state index contributed by atoms with van der Waals surface area (Å²) >= 11 is 0. The molecule has 2 aromatic rings. The first-order valence-corrected chi connectivity index (χ1v) is 16.7. The van der Waals surface area contributed by atoms with E-state index in [0.717, 1.165) is 43.6 Å². The molecule has 2 aliphatic carbocycles. The number of urea groups is 1. The highest BCUT2D eigenvalue weighted by molar-refractivity contribution is 5.74. The zero-order valence-corrected chi connectivity index (χ0v) is 25.6. The summed E-state index contributed by atoms with van der Waals surface area (Å²) in [6.07, 6.45) is 12.6. The Morgan fingerprint density at radius 1 is 0.767 bits per heavy atom. The van der Waals surface area contributed by atoms with Gasteiger partial charge in [0.2, 0.25) is 0 Å². The van der Waals surface area contributed by atoms with Crippen molar-refractivity contribution in [1.29, 1.82) is 0 Å². The third-order valence-corrected chi connectivity index (χ3v) is 10.5. The van der Waals surface area contributed by atoms with Crippen molar-refractivity contribution in [3.05, 3.63) is 69.8 Å². The van der Waals surface area contributed by atoms with Crippen molar-refractivity contribution in [2.24, 2.45) is 5.73 Å². The van der Waals surface area contributed by atoms with Crippen molar-refractivity contribution >= 4 is 6.03 Å². The molecule has 2 aromatic carbocycles. The molecule has 0 atom stereocenters. The molecule has 0 unspecified atom stereocenters. The summed E-state index contributed by atoms with van der Waals surface area (Å²) in [4.78, 5) is 18.6. The molecule has 2 saturated carbocycles. The second kappa shape index (κ2) is 13.6. The number of halogens is 2. The van der Waals surface area contributed by atoms with E-state index in [2.05, 4.69) is 51.5 Å². The van der Waals surface area contributed by atoms with Gasteiger partial charge in [-0.05, 0) is 84.7 Å². The van der Waals surface area contributed by atoms with Crippen molar-refractivity contribution in [2.45, 2.75) is 102 Å². The van der Waals surface area contributed by atoms with Crippen molar-refractivity contribution in [1.82, 2.24) is 20.0 Å². The molecule has 8 heteroatoms. The van der Waals surface area contributed by atoms with E-state index in [4.69, 9.17) is 5.73 Å². The molecule has 3 fully saturated rings. The Hall–Kier alpha value is -2.55. The number of nitrogens with two attached hydrogens (primary N) is 1. The highest BCUT2D eigenvalue weighted by atomic mass is 19.3. The highest BCUT2D eigenvalue weighted by Crippen LogP contribution is 2.29. The van der Waals surface area contributed by atoms with Gasteiger partial charge in [0, 0.05) is 64.3 Å². The fraction of sp³-hybridized carbons (Fsp3) is 0.629. The topological polar surface area (TPSA) is 64.8 Å². The second-order valence-corrected chi connectivity index (χ2v) is 13.3. The summed E-state index contributed by atoms with van der Waals surface area (Å²) in [5.41, 5.74) is 13.9. The summed E-state index contributed by atoms with van der Waals surface area (Å²) < 4.78 is 26.5. The lowest BCUT2D eigenvalue weighted by Crippen LogP contribution is -2.41. The number of hydrogen-bond donors (Lipinski definition) is 2. The van der Waals surface area contributed by atoms with Gasteiger partial charge in [0.25, 0.3) is 5.92 Å². The number of rotatable bonds is 5. The Labute approximate surface area is 256 Å². The Morgan fingerprint density at radius 3 is 1.74 bits per heavy atom. The first-order chi connectivity index (χ1) is 20.9. The summed E-state index contributed by atoms with van der Waals surface area (Å²) in [6.45, 7) is 5.44. The van der Waals surface area contributed by atoms with Crippen LogP contribution in [0.25, 0.3) is 0 Å². The number of nitrogens with zero attached hydrogens (tertiary/aromatic N) is 3. The van der Waals surface area contributed by atoms with Crippen LogP contribution in [0.1, 0.15) is 78.3 Å². The summed E-state index contributed by atoms with van der Waals surface area (Å²) in [7, 11) is 0. The zero-order valence-electron chi connectivity index (χ0n) is 25.6. The number of likely N-dealkylation sites (tertiary alicyclic amines) is 1. The van der Waals surface area contributed by atoms with Gasteiger partial charge in [-0.3, -0.25) is 9.80 Å². The van der Waals surface area contributed by atoms with Crippen LogP contribution in [0.5, 0.6) is 0 Å². The smallest absolute Gasteiger partial charge is 0.317 e. The molecule has 3 aliphatic heterocycles. The molecule has 0 aromatic heterocycles. The molecule has 0 bridgehead atoms. The Morgan fingerprint density at radius 2 is 1.28 bits per heavy atom. The SMILES string of the molecule is NCc1ccc2c(c1)CCN(C1CCC1)CC2.O=C(NCc1ccc2c(c1)CCN(C1CCC1)CC2)N1CCC(F)(F)C1. The van der Waals surface area contributed by atoms with Crippen LogP contribution in [0.2, 0.25) is 0 Å². The van der Waals surface area contributed by atoms with E-state index in [1.165, 1.54) is 91.6 Å². The monoisotopic (exact) mass is 593 g/mol. The molecular formula is C35H49F2N5O. The van der Waals surface area contributed by atoms with Crippen molar-refractivity contribution < 1.29 is 13.6 Å².